The van der Waals surface area contributed by atoms with Crippen molar-refractivity contribution in [2.45, 2.75) is 12.7 Å². The first-order valence-electron chi connectivity index (χ1n) is 6.93. The second-order valence-electron chi connectivity index (χ2n) is 4.93. The number of hydrogen-bond donors (Lipinski definition) is 0. The van der Waals surface area contributed by atoms with Gasteiger partial charge in [0.25, 0.3) is 0 Å². The molecule has 0 spiro atoms. The zero-order chi connectivity index (χ0) is 17.0. The van der Waals surface area contributed by atoms with Crippen molar-refractivity contribution in [2.24, 2.45) is 0 Å². The van der Waals surface area contributed by atoms with Gasteiger partial charge in [-0.1, -0.05) is 25.6 Å². The minimum Gasteiger partial charge on any atom is -0.454 e. The molecule has 2 aromatic carbocycles. The molecule has 0 amide bonds. The molecule has 2 rings (SSSR count). The maximum atomic E-state index is 13.6. The van der Waals surface area contributed by atoms with Crippen LogP contribution in [0.3, 0.4) is 0 Å². The van der Waals surface area contributed by atoms with E-state index in [2.05, 4.69) is 6.58 Å². The van der Waals surface area contributed by atoms with Gasteiger partial charge in [-0.3, -0.25) is 0 Å². The van der Waals surface area contributed by atoms with E-state index in [0.717, 1.165) is 12.1 Å². The topological polar surface area (TPSA) is 43.4 Å². The molecule has 0 atom stereocenters. The lowest BCUT2D eigenvalue weighted by atomic mass is 10.1. The molecule has 122 valence electrons. The maximum Gasteiger partial charge on any atom is 0.168 e. The molecule has 0 fully saturated rings. The van der Waals surface area contributed by atoms with Crippen molar-refractivity contribution in [3.05, 3.63) is 65.7 Å². The molecule has 6 heteroatoms. The molecule has 0 unspecified atom stereocenters. The van der Waals surface area contributed by atoms with Gasteiger partial charge in [0.05, 0.1) is 5.75 Å². The third-order valence-corrected chi connectivity index (χ3v) is 4.89. The normalized spacial score (nSPS) is 11.3. The Morgan fingerprint density at radius 3 is 2.43 bits per heavy atom. The van der Waals surface area contributed by atoms with E-state index in [1.165, 1.54) is 12.1 Å². The summed E-state index contributed by atoms with van der Waals surface area (Å²) in [5.74, 6) is -1.37. The van der Waals surface area contributed by atoms with E-state index in [4.69, 9.17) is 4.74 Å². The van der Waals surface area contributed by atoms with Crippen LogP contribution in [0.1, 0.15) is 18.1 Å². The second kappa shape index (κ2) is 6.91. The van der Waals surface area contributed by atoms with Gasteiger partial charge < -0.3 is 4.74 Å². The zero-order valence-corrected chi connectivity index (χ0v) is 13.4. The monoisotopic (exact) mass is 338 g/mol. The molecule has 0 N–H and O–H groups in total. The van der Waals surface area contributed by atoms with Crippen molar-refractivity contribution in [3.8, 4) is 11.5 Å². The van der Waals surface area contributed by atoms with Crippen LogP contribution < -0.4 is 4.74 Å². The predicted octanol–water partition coefficient (Wildman–Crippen LogP) is 4.33. The van der Waals surface area contributed by atoms with Gasteiger partial charge in [0.2, 0.25) is 0 Å². The van der Waals surface area contributed by atoms with E-state index in [9.17, 15) is 17.2 Å². The van der Waals surface area contributed by atoms with Gasteiger partial charge >= 0.3 is 0 Å². The molecule has 0 heterocycles. The van der Waals surface area contributed by atoms with E-state index < -0.39 is 21.5 Å². The first kappa shape index (κ1) is 17.1. The summed E-state index contributed by atoms with van der Waals surface area (Å²) in [4.78, 5) is 0. The van der Waals surface area contributed by atoms with Gasteiger partial charge in [-0.05, 0) is 29.8 Å². The summed E-state index contributed by atoms with van der Waals surface area (Å²) in [5, 5.41) is 0. The third-order valence-electron chi connectivity index (χ3n) is 3.23. The lowest BCUT2D eigenvalue weighted by Crippen LogP contribution is -2.06. The molecule has 0 saturated heterocycles. The largest absolute Gasteiger partial charge is 0.454 e. The summed E-state index contributed by atoms with van der Waals surface area (Å²) in [6.07, 6.45) is 1.48. The van der Waals surface area contributed by atoms with Crippen molar-refractivity contribution in [3.63, 3.8) is 0 Å². The fourth-order valence-electron chi connectivity index (χ4n) is 1.97. The quantitative estimate of drug-likeness (QED) is 0.787. The van der Waals surface area contributed by atoms with E-state index in [1.54, 1.807) is 25.1 Å². The first-order chi connectivity index (χ1) is 10.8. The fourth-order valence-corrected chi connectivity index (χ4v) is 2.86. The number of ether oxygens (including phenoxy) is 1. The second-order valence-corrected chi connectivity index (χ2v) is 7.28. The Morgan fingerprint density at radius 1 is 1.13 bits per heavy atom. The SMILES string of the molecule is C=Cc1cc(CS(=O)(=O)CC)ccc1Oc1ccc(F)cc1F. The maximum absolute atomic E-state index is 13.6. The average Bonchev–Trinajstić information content (AvgIpc) is 2.51. The summed E-state index contributed by atoms with van der Waals surface area (Å²) in [7, 11) is -3.16. The van der Waals surface area contributed by atoms with Crippen molar-refractivity contribution < 1.29 is 21.9 Å². The summed E-state index contributed by atoms with van der Waals surface area (Å²) in [5.41, 5.74) is 1.12. The molecule has 0 saturated carbocycles. The number of sulfone groups is 1. The lowest BCUT2D eigenvalue weighted by Gasteiger charge is -2.11. The summed E-state index contributed by atoms with van der Waals surface area (Å²) < 4.78 is 55.3. The molecule has 0 aliphatic heterocycles. The van der Waals surface area contributed by atoms with Crippen LogP contribution in [0.4, 0.5) is 8.78 Å². The van der Waals surface area contributed by atoms with Crippen LogP contribution in [0.5, 0.6) is 11.5 Å². The average molecular weight is 338 g/mol. The molecular weight excluding hydrogens is 322 g/mol. The highest BCUT2D eigenvalue weighted by atomic mass is 32.2. The van der Waals surface area contributed by atoms with Gasteiger partial charge in [-0.2, -0.15) is 0 Å². The molecule has 2 aromatic rings. The molecule has 0 radical (unpaired) electrons. The Balaban J connectivity index is 2.31. The van der Waals surface area contributed by atoms with E-state index in [-0.39, 0.29) is 17.3 Å². The first-order valence-corrected chi connectivity index (χ1v) is 8.75. The van der Waals surface area contributed by atoms with Crippen LogP contribution in [0.15, 0.2) is 43.0 Å². The van der Waals surface area contributed by atoms with Crippen molar-refractivity contribution in [2.75, 3.05) is 5.75 Å². The van der Waals surface area contributed by atoms with E-state index in [1.807, 2.05) is 0 Å². The van der Waals surface area contributed by atoms with Crippen molar-refractivity contribution in [1.82, 2.24) is 0 Å². The van der Waals surface area contributed by atoms with Crippen LogP contribution in [0.25, 0.3) is 6.08 Å². The number of hydrogen-bond acceptors (Lipinski definition) is 3. The Hall–Kier alpha value is -2.21. The summed E-state index contributed by atoms with van der Waals surface area (Å²) >= 11 is 0. The lowest BCUT2D eigenvalue weighted by molar-refractivity contribution is 0.437. The van der Waals surface area contributed by atoms with Gasteiger partial charge in [0, 0.05) is 17.4 Å². The Labute approximate surface area is 134 Å². The smallest absolute Gasteiger partial charge is 0.168 e. The Kier molecular flexibility index (Phi) is 5.15. The highest BCUT2D eigenvalue weighted by Gasteiger charge is 2.12. The highest BCUT2D eigenvalue weighted by Crippen LogP contribution is 2.29. The van der Waals surface area contributed by atoms with Crippen LogP contribution in [0.2, 0.25) is 0 Å². The van der Waals surface area contributed by atoms with Gasteiger partial charge in [0.1, 0.15) is 11.6 Å². The minimum absolute atomic E-state index is 0.0511. The molecular formula is C17H16F2O3S. The highest BCUT2D eigenvalue weighted by molar-refractivity contribution is 7.90. The van der Waals surface area contributed by atoms with Crippen LogP contribution in [-0.4, -0.2) is 14.2 Å². The van der Waals surface area contributed by atoms with Gasteiger partial charge in [-0.25, -0.2) is 17.2 Å². The number of rotatable bonds is 6. The molecule has 0 aromatic heterocycles. The van der Waals surface area contributed by atoms with Crippen LogP contribution in [0, 0.1) is 11.6 Å². The third kappa shape index (κ3) is 4.39. The number of halogens is 2. The number of benzene rings is 2. The Morgan fingerprint density at radius 2 is 1.83 bits per heavy atom. The van der Waals surface area contributed by atoms with E-state index in [0.29, 0.717) is 16.9 Å². The molecule has 23 heavy (non-hydrogen) atoms. The summed E-state index contributed by atoms with van der Waals surface area (Å²) in [6, 6.07) is 7.76. The predicted molar refractivity (Wildman–Crippen MR) is 86.1 cm³/mol. The molecule has 0 aliphatic rings. The van der Waals surface area contributed by atoms with Crippen LogP contribution in [-0.2, 0) is 15.6 Å². The van der Waals surface area contributed by atoms with E-state index >= 15 is 0 Å². The van der Waals surface area contributed by atoms with Crippen molar-refractivity contribution in [1.29, 1.82) is 0 Å². The van der Waals surface area contributed by atoms with Gasteiger partial charge in [0.15, 0.2) is 21.4 Å². The minimum atomic E-state index is -3.16. The zero-order valence-electron chi connectivity index (χ0n) is 12.6. The summed E-state index contributed by atoms with van der Waals surface area (Å²) in [6.45, 7) is 5.23. The fraction of sp³-hybridized carbons (Fsp3) is 0.176. The molecule has 0 aliphatic carbocycles. The Bertz CT molecular complexity index is 830. The van der Waals surface area contributed by atoms with Crippen LogP contribution >= 0.6 is 0 Å². The molecule has 3 nitrogen and oxygen atoms in total. The van der Waals surface area contributed by atoms with Gasteiger partial charge in [-0.15, -0.1) is 0 Å². The van der Waals surface area contributed by atoms with Crippen molar-refractivity contribution >= 4 is 15.9 Å². The standard InChI is InChI=1S/C17H16F2O3S/c1-3-13-9-12(11-23(20,21)4-2)5-7-16(13)22-17-8-6-14(18)10-15(17)19/h3,5-10H,1,4,11H2,2H3. The molecule has 0 bridgehead atoms.